The Balaban J connectivity index is 1.89. The van der Waals surface area contributed by atoms with Crippen LogP contribution in [-0.2, 0) is 20.5 Å². The smallest absolute Gasteiger partial charge is 0.407 e. The summed E-state index contributed by atoms with van der Waals surface area (Å²) in [6.07, 6.45) is 0.492. The van der Waals surface area contributed by atoms with E-state index >= 15 is 0 Å². The molecule has 0 radical (unpaired) electrons. The van der Waals surface area contributed by atoms with Gasteiger partial charge < -0.3 is 10.1 Å². The van der Waals surface area contributed by atoms with Gasteiger partial charge >= 0.3 is 6.09 Å². The standard InChI is InChI=1S/C17H25FN2O4S/c1-17(2,3)24-16(21)19-14-8-10-20(11-9-14)25(22,23)12-13-6-4-5-7-15(13)18/h4-7,14H,8-12H2,1-3H3,(H,19,21). The number of hydrogen-bond acceptors (Lipinski definition) is 4. The summed E-state index contributed by atoms with van der Waals surface area (Å²) in [6, 6.07) is 5.74. The normalized spacial score (nSPS) is 17.3. The minimum Gasteiger partial charge on any atom is -0.444 e. The monoisotopic (exact) mass is 372 g/mol. The molecule has 1 N–H and O–H groups in total. The van der Waals surface area contributed by atoms with E-state index in [1.807, 2.05) is 0 Å². The summed E-state index contributed by atoms with van der Waals surface area (Å²) in [4.78, 5) is 11.8. The van der Waals surface area contributed by atoms with Crippen LogP contribution in [0.4, 0.5) is 9.18 Å². The Morgan fingerprint density at radius 2 is 1.88 bits per heavy atom. The fourth-order valence-electron chi connectivity index (χ4n) is 2.66. The molecule has 0 unspecified atom stereocenters. The molecule has 0 aromatic heterocycles. The Morgan fingerprint density at radius 3 is 2.44 bits per heavy atom. The lowest BCUT2D eigenvalue weighted by Crippen LogP contribution is -2.47. The van der Waals surface area contributed by atoms with Crippen LogP contribution in [0.25, 0.3) is 0 Å². The third kappa shape index (κ3) is 5.97. The molecule has 1 aliphatic heterocycles. The lowest BCUT2D eigenvalue weighted by Gasteiger charge is -2.32. The average Bonchev–Trinajstić information content (AvgIpc) is 2.48. The zero-order chi connectivity index (χ0) is 18.7. The Bertz CT molecular complexity index is 708. The lowest BCUT2D eigenvalue weighted by atomic mass is 10.1. The van der Waals surface area contributed by atoms with Crippen LogP contribution in [0, 0.1) is 5.82 Å². The van der Waals surface area contributed by atoms with Gasteiger partial charge in [0.25, 0.3) is 0 Å². The second-order valence-corrected chi connectivity index (χ2v) is 9.14. The number of hydrogen-bond donors (Lipinski definition) is 1. The molecule has 0 aliphatic carbocycles. The molecule has 1 saturated heterocycles. The average molecular weight is 372 g/mol. The second-order valence-electron chi connectivity index (χ2n) is 7.17. The summed E-state index contributed by atoms with van der Waals surface area (Å²) in [5, 5.41) is 2.76. The molecule has 1 aliphatic rings. The quantitative estimate of drug-likeness (QED) is 0.882. The number of piperidine rings is 1. The number of halogens is 1. The molecule has 1 fully saturated rings. The van der Waals surface area contributed by atoms with Crippen molar-refractivity contribution in [3.05, 3.63) is 35.6 Å². The fourth-order valence-corrected chi connectivity index (χ4v) is 4.23. The zero-order valence-electron chi connectivity index (χ0n) is 14.8. The molecule has 1 aromatic carbocycles. The Labute approximate surface area is 148 Å². The lowest BCUT2D eigenvalue weighted by molar-refractivity contribution is 0.0489. The van der Waals surface area contributed by atoms with Crippen LogP contribution in [0.5, 0.6) is 0 Å². The maximum atomic E-state index is 13.7. The Morgan fingerprint density at radius 1 is 1.28 bits per heavy atom. The van der Waals surface area contributed by atoms with Crippen molar-refractivity contribution in [3.63, 3.8) is 0 Å². The van der Waals surface area contributed by atoms with Crippen molar-refractivity contribution in [2.24, 2.45) is 0 Å². The summed E-state index contributed by atoms with van der Waals surface area (Å²) in [7, 11) is -3.59. The fraction of sp³-hybridized carbons (Fsp3) is 0.588. The van der Waals surface area contributed by atoms with Gasteiger partial charge in [0.15, 0.2) is 0 Å². The van der Waals surface area contributed by atoms with E-state index in [2.05, 4.69) is 5.32 Å². The number of rotatable bonds is 4. The highest BCUT2D eigenvalue weighted by Crippen LogP contribution is 2.19. The van der Waals surface area contributed by atoms with Gasteiger partial charge in [-0.1, -0.05) is 18.2 Å². The molecule has 8 heteroatoms. The highest BCUT2D eigenvalue weighted by molar-refractivity contribution is 7.88. The summed E-state index contributed by atoms with van der Waals surface area (Å²) in [5.74, 6) is -0.878. The Kier molecular flexibility index (Phi) is 6.05. The van der Waals surface area contributed by atoms with Crippen LogP contribution in [-0.4, -0.2) is 43.5 Å². The third-order valence-electron chi connectivity index (χ3n) is 3.86. The van der Waals surface area contributed by atoms with Crippen LogP contribution in [0.3, 0.4) is 0 Å². The van der Waals surface area contributed by atoms with Gasteiger partial charge in [0.2, 0.25) is 10.0 Å². The first-order valence-corrected chi connectivity index (χ1v) is 9.88. The van der Waals surface area contributed by atoms with Crippen molar-refractivity contribution >= 4 is 16.1 Å². The number of amides is 1. The summed E-state index contributed by atoms with van der Waals surface area (Å²) >= 11 is 0. The van der Waals surface area contributed by atoms with Crippen LogP contribution < -0.4 is 5.32 Å². The summed E-state index contributed by atoms with van der Waals surface area (Å²) in [6.45, 7) is 5.92. The van der Waals surface area contributed by atoms with Crippen molar-refractivity contribution in [1.82, 2.24) is 9.62 Å². The molecule has 0 atom stereocenters. The maximum absolute atomic E-state index is 13.7. The van der Waals surface area contributed by atoms with Crippen LogP contribution in [0.2, 0.25) is 0 Å². The van der Waals surface area contributed by atoms with E-state index in [0.717, 1.165) is 0 Å². The molecule has 0 spiro atoms. The first-order chi connectivity index (χ1) is 11.6. The molecule has 2 rings (SSSR count). The van der Waals surface area contributed by atoms with Gasteiger partial charge in [-0.2, -0.15) is 0 Å². The molecule has 25 heavy (non-hydrogen) atoms. The number of alkyl carbamates (subject to hydrolysis) is 1. The Hall–Kier alpha value is -1.67. The van der Waals surface area contributed by atoms with E-state index in [1.165, 1.54) is 22.5 Å². The number of sulfonamides is 1. The van der Waals surface area contributed by atoms with Crippen molar-refractivity contribution in [1.29, 1.82) is 0 Å². The van der Waals surface area contributed by atoms with Crippen molar-refractivity contribution in [2.45, 2.75) is 51.0 Å². The number of carbonyl (C=O) groups excluding carboxylic acids is 1. The van der Waals surface area contributed by atoms with E-state index in [0.29, 0.717) is 12.8 Å². The minimum atomic E-state index is -3.59. The zero-order valence-corrected chi connectivity index (χ0v) is 15.6. The van der Waals surface area contributed by atoms with Crippen molar-refractivity contribution < 1.29 is 22.3 Å². The molecule has 140 valence electrons. The molecule has 1 amide bonds. The van der Waals surface area contributed by atoms with Gasteiger partial charge in [-0.15, -0.1) is 0 Å². The number of nitrogens with one attached hydrogen (secondary N) is 1. The maximum Gasteiger partial charge on any atom is 0.407 e. The molecular formula is C17H25FN2O4S. The van der Waals surface area contributed by atoms with Crippen molar-refractivity contribution in [3.8, 4) is 0 Å². The van der Waals surface area contributed by atoms with Crippen LogP contribution in [0.15, 0.2) is 24.3 Å². The second kappa shape index (κ2) is 7.70. The van der Waals surface area contributed by atoms with E-state index in [1.54, 1.807) is 26.8 Å². The number of nitrogens with zero attached hydrogens (tertiary/aromatic N) is 1. The van der Waals surface area contributed by atoms with E-state index in [-0.39, 0.29) is 30.4 Å². The molecule has 0 saturated carbocycles. The summed E-state index contributed by atoms with van der Waals surface area (Å²) < 4.78 is 45.2. The van der Waals surface area contributed by atoms with Gasteiger partial charge in [-0.25, -0.2) is 21.9 Å². The van der Waals surface area contributed by atoms with Crippen LogP contribution in [0.1, 0.15) is 39.2 Å². The predicted octanol–water partition coefficient (Wildman–Crippen LogP) is 2.64. The minimum absolute atomic E-state index is 0.130. The van der Waals surface area contributed by atoms with Gasteiger partial charge in [-0.3, -0.25) is 0 Å². The highest BCUT2D eigenvalue weighted by atomic mass is 32.2. The highest BCUT2D eigenvalue weighted by Gasteiger charge is 2.30. The van der Waals surface area contributed by atoms with Gasteiger partial charge in [0.05, 0.1) is 5.75 Å². The van der Waals surface area contributed by atoms with E-state index < -0.39 is 27.5 Å². The summed E-state index contributed by atoms with van der Waals surface area (Å²) in [5.41, 5.74) is -0.412. The van der Waals surface area contributed by atoms with Gasteiger partial charge in [0, 0.05) is 24.7 Å². The first-order valence-electron chi connectivity index (χ1n) is 8.27. The predicted molar refractivity (Wildman–Crippen MR) is 93.0 cm³/mol. The molecule has 1 heterocycles. The van der Waals surface area contributed by atoms with Gasteiger partial charge in [-0.05, 0) is 39.7 Å². The van der Waals surface area contributed by atoms with E-state index in [4.69, 9.17) is 4.74 Å². The first kappa shape index (κ1) is 19.7. The van der Waals surface area contributed by atoms with Crippen molar-refractivity contribution in [2.75, 3.05) is 13.1 Å². The third-order valence-corrected chi connectivity index (χ3v) is 5.69. The number of ether oxygens (including phenoxy) is 1. The number of benzene rings is 1. The molecule has 1 aromatic rings. The van der Waals surface area contributed by atoms with E-state index in [9.17, 15) is 17.6 Å². The molecule has 0 bridgehead atoms. The van der Waals surface area contributed by atoms with Gasteiger partial charge in [0.1, 0.15) is 11.4 Å². The molecular weight excluding hydrogens is 347 g/mol. The largest absolute Gasteiger partial charge is 0.444 e. The van der Waals surface area contributed by atoms with Crippen LogP contribution >= 0.6 is 0 Å². The SMILES string of the molecule is CC(C)(C)OC(=O)NC1CCN(S(=O)(=O)Cc2ccccc2F)CC1. The number of carbonyl (C=O) groups is 1. The topological polar surface area (TPSA) is 75.7 Å². The molecule has 6 nitrogen and oxygen atoms in total.